The van der Waals surface area contributed by atoms with E-state index in [1.807, 2.05) is 0 Å². The minimum atomic E-state index is -3.92. The van der Waals surface area contributed by atoms with E-state index < -0.39 is 27.6 Å². The lowest BCUT2D eigenvalue weighted by Gasteiger charge is -2.10. The number of rotatable bonds is 7. The van der Waals surface area contributed by atoms with E-state index in [4.69, 9.17) is 10.2 Å². The molecular formula is C22H23FN4O6S. The first-order valence-electron chi connectivity index (χ1n) is 9.78. The lowest BCUT2D eigenvalue weighted by atomic mass is 10.2. The number of sulfone groups is 1. The Morgan fingerprint density at radius 2 is 1.76 bits per heavy atom. The monoisotopic (exact) mass is 490 g/mol. The van der Waals surface area contributed by atoms with E-state index in [1.165, 1.54) is 24.4 Å². The molecule has 0 amide bonds. The maximum absolute atomic E-state index is 14.6. The van der Waals surface area contributed by atoms with Gasteiger partial charge in [0.2, 0.25) is 9.84 Å². The van der Waals surface area contributed by atoms with Gasteiger partial charge < -0.3 is 15.5 Å². The average molecular weight is 491 g/mol. The number of hydrogen-bond acceptors (Lipinski definition) is 7. The fraction of sp³-hybridized carbons (Fsp3) is 0.182. The first-order chi connectivity index (χ1) is 16.0. The van der Waals surface area contributed by atoms with Crippen LogP contribution in [-0.4, -0.2) is 52.4 Å². The molecule has 0 radical (unpaired) electrons. The summed E-state index contributed by atoms with van der Waals surface area (Å²) >= 11 is 0. The second-order valence-electron chi connectivity index (χ2n) is 6.97. The van der Waals surface area contributed by atoms with E-state index in [9.17, 15) is 22.4 Å². The van der Waals surface area contributed by atoms with E-state index in [-0.39, 0.29) is 15.6 Å². The average Bonchev–Trinajstić information content (AvgIpc) is 3.20. The number of aliphatic carboxylic acids is 2. The summed E-state index contributed by atoms with van der Waals surface area (Å²) in [5.41, 5.74) is 1.70. The van der Waals surface area contributed by atoms with Gasteiger partial charge >= 0.3 is 11.9 Å². The summed E-state index contributed by atoms with van der Waals surface area (Å²) in [4.78, 5) is 23.2. The Morgan fingerprint density at radius 1 is 1.12 bits per heavy atom. The smallest absolute Gasteiger partial charge is 0.328 e. The summed E-state index contributed by atoms with van der Waals surface area (Å²) in [6.45, 7) is 3.75. The van der Waals surface area contributed by atoms with Crippen LogP contribution in [0.3, 0.4) is 0 Å². The van der Waals surface area contributed by atoms with Gasteiger partial charge in [-0.1, -0.05) is 12.1 Å². The van der Waals surface area contributed by atoms with Gasteiger partial charge in [-0.25, -0.2) is 27.1 Å². The van der Waals surface area contributed by atoms with Gasteiger partial charge in [0.05, 0.1) is 10.6 Å². The maximum Gasteiger partial charge on any atom is 0.328 e. The third kappa shape index (κ3) is 6.56. The number of aryl methyl sites for hydroxylation is 2. The molecule has 0 fully saturated rings. The number of benzene rings is 1. The molecule has 10 nitrogen and oxygen atoms in total. The first kappa shape index (κ1) is 26.4. The zero-order valence-corrected chi connectivity index (χ0v) is 19.4. The topological polar surface area (TPSA) is 151 Å². The van der Waals surface area contributed by atoms with Crippen molar-refractivity contribution in [3.63, 3.8) is 0 Å². The number of carboxylic acids is 2. The molecule has 180 valence electrons. The number of nitrogens with zero attached hydrogens (tertiary/aromatic N) is 3. The zero-order chi connectivity index (χ0) is 25.5. The Labute approximate surface area is 195 Å². The summed E-state index contributed by atoms with van der Waals surface area (Å²) in [6.07, 6.45) is 2.41. The van der Waals surface area contributed by atoms with Crippen LogP contribution in [0.15, 0.2) is 64.7 Å². The number of hydrogen-bond donors (Lipinski definition) is 3. The minimum Gasteiger partial charge on any atom is -0.478 e. The van der Waals surface area contributed by atoms with E-state index in [0.29, 0.717) is 35.6 Å². The lowest BCUT2D eigenvalue weighted by molar-refractivity contribution is -0.134. The number of nitrogens with one attached hydrogen (secondary N) is 1. The molecule has 0 spiro atoms. The minimum absolute atomic E-state index is 0.0355. The molecule has 0 bridgehead atoms. The van der Waals surface area contributed by atoms with E-state index in [1.54, 1.807) is 39.1 Å². The van der Waals surface area contributed by atoms with Crippen LogP contribution in [0.1, 0.15) is 17.0 Å². The third-order valence-electron chi connectivity index (χ3n) is 4.32. The highest BCUT2D eigenvalue weighted by molar-refractivity contribution is 7.91. The van der Waals surface area contributed by atoms with E-state index in [0.717, 1.165) is 4.68 Å². The SMILES string of the molecule is CNCc1cc(S(=O)(=O)c2ccc(C)nc2)n(-c2cccc(C)c2F)n1.O=C(O)/C=C/C(=O)O. The number of carboxylic acid groups (broad SMARTS) is 2. The molecular weight excluding hydrogens is 467 g/mol. The van der Waals surface area contributed by atoms with Gasteiger partial charge in [0.15, 0.2) is 10.8 Å². The standard InChI is InChI=1S/C18H19FN4O2S.C4H4O4/c1-12-5-4-6-16(18(12)19)23-17(9-14(22-23)10-20-3)26(24,25)15-8-7-13(2)21-11-15;5-3(6)1-2-4(7)8/h4-9,11,20H,10H2,1-3H3;1-2H,(H,5,6)(H,7,8)/b;2-1+. The predicted molar refractivity (Wildman–Crippen MR) is 120 cm³/mol. The normalized spacial score (nSPS) is 11.2. The molecule has 3 aromatic rings. The second kappa shape index (κ2) is 11.3. The molecule has 12 heteroatoms. The molecule has 0 aliphatic carbocycles. The van der Waals surface area contributed by atoms with Crippen molar-refractivity contribution in [1.29, 1.82) is 0 Å². The number of pyridine rings is 1. The number of carbonyl (C=O) groups is 2. The molecule has 0 saturated heterocycles. The molecule has 3 rings (SSSR count). The Hall–Kier alpha value is -3.90. The fourth-order valence-corrected chi connectivity index (χ4v) is 4.05. The summed E-state index contributed by atoms with van der Waals surface area (Å²) < 4.78 is 42.0. The fourth-order valence-electron chi connectivity index (χ4n) is 2.71. The number of halogens is 1. The van der Waals surface area contributed by atoms with Gasteiger partial charge in [-0.15, -0.1) is 0 Å². The van der Waals surface area contributed by atoms with Crippen LogP contribution in [0.25, 0.3) is 5.69 Å². The molecule has 34 heavy (non-hydrogen) atoms. The van der Waals surface area contributed by atoms with Crippen LogP contribution in [0.4, 0.5) is 4.39 Å². The van der Waals surface area contributed by atoms with Gasteiger partial charge in [-0.2, -0.15) is 5.10 Å². The van der Waals surface area contributed by atoms with Crippen molar-refractivity contribution in [1.82, 2.24) is 20.1 Å². The van der Waals surface area contributed by atoms with Crippen LogP contribution < -0.4 is 5.32 Å². The Bertz CT molecular complexity index is 1300. The molecule has 0 aliphatic rings. The van der Waals surface area contributed by atoms with E-state index >= 15 is 0 Å². The molecule has 2 aromatic heterocycles. The largest absolute Gasteiger partial charge is 0.478 e. The first-order valence-corrected chi connectivity index (χ1v) is 11.3. The zero-order valence-electron chi connectivity index (χ0n) is 18.6. The molecule has 0 atom stereocenters. The molecule has 0 aliphatic heterocycles. The highest BCUT2D eigenvalue weighted by atomic mass is 32.2. The van der Waals surface area contributed by atoms with Crippen molar-refractivity contribution in [3.05, 3.63) is 77.5 Å². The van der Waals surface area contributed by atoms with Crippen molar-refractivity contribution in [2.75, 3.05) is 7.05 Å². The molecule has 1 aromatic carbocycles. The quantitative estimate of drug-likeness (QED) is 0.424. The highest BCUT2D eigenvalue weighted by Crippen LogP contribution is 2.26. The maximum atomic E-state index is 14.6. The van der Waals surface area contributed by atoms with Crippen molar-refractivity contribution in [2.45, 2.75) is 30.3 Å². The van der Waals surface area contributed by atoms with Gasteiger partial charge in [0, 0.05) is 36.7 Å². The van der Waals surface area contributed by atoms with Gasteiger partial charge in [0.1, 0.15) is 5.69 Å². The van der Waals surface area contributed by atoms with Crippen LogP contribution in [0.5, 0.6) is 0 Å². The Morgan fingerprint density at radius 3 is 2.29 bits per heavy atom. The van der Waals surface area contributed by atoms with Gasteiger partial charge in [0.25, 0.3) is 0 Å². The summed E-state index contributed by atoms with van der Waals surface area (Å²) in [5.74, 6) is -3.02. The van der Waals surface area contributed by atoms with Crippen molar-refractivity contribution in [2.24, 2.45) is 0 Å². The number of aromatic nitrogens is 3. The van der Waals surface area contributed by atoms with Crippen LogP contribution in [0, 0.1) is 19.7 Å². The third-order valence-corrected chi connectivity index (χ3v) is 6.03. The van der Waals surface area contributed by atoms with Crippen molar-refractivity contribution < 1.29 is 32.6 Å². The van der Waals surface area contributed by atoms with Gasteiger partial charge in [-0.05, 0) is 44.7 Å². The lowest BCUT2D eigenvalue weighted by Crippen LogP contribution is -2.12. The van der Waals surface area contributed by atoms with Crippen molar-refractivity contribution >= 4 is 21.8 Å². The van der Waals surface area contributed by atoms with Crippen LogP contribution in [-0.2, 0) is 26.0 Å². The van der Waals surface area contributed by atoms with Crippen molar-refractivity contribution in [3.8, 4) is 5.69 Å². The highest BCUT2D eigenvalue weighted by Gasteiger charge is 2.26. The Balaban J connectivity index is 0.000000440. The second-order valence-corrected chi connectivity index (χ2v) is 8.87. The Kier molecular flexibility index (Phi) is 8.76. The summed E-state index contributed by atoms with van der Waals surface area (Å²) in [5, 5.41) is 22.7. The molecule has 3 N–H and O–H groups in total. The molecule has 0 unspecified atom stereocenters. The van der Waals surface area contributed by atoms with Gasteiger partial charge in [-0.3, -0.25) is 4.98 Å². The molecule has 0 saturated carbocycles. The van der Waals surface area contributed by atoms with Crippen LogP contribution in [0.2, 0.25) is 0 Å². The van der Waals surface area contributed by atoms with Crippen LogP contribution >= 0.6 is 0 Å². The predicted octanol–water partition coefficient (Wildman–Crippen LogP) is 2.29. The van der Waals surface area contributed by atoms with E-state index in [2.05, 4.69) is 15.4 Å². The summed E-state index contributed by atoms with van der Waals surface area (Å²) in [6, 6.07) is 9.35. The summed E-state index contributed by atoms with van der Waals surface area (Å²) in [7, 11) is -2.19. The molecule has 2 heterocycles.